The zero-order valence-corrected chi connectivity index (χ0v) is 10.9. The van der Waals surface area contributed by atoms with Crippen LogP contribution in [-0.4, -0.2) is 12.4 Å². The summed E-state index contributed by atoms with van der Waals surface area (Å²) in [5, 5.41) is 0. The van der Waals surface area contributed by atoms with Crippen LogP contribution in [0, 0.1) is 6.92 Å². The van der Waals surface area contributed by atoms with E-state index in [4.69, 9.17) is 4.74 Å². The molecule has 0 N–H and O–H groups in total. The monoisotopic (exact) mass is 252 g/mol. The lowest BCUT2D eigenvalue weighted by molar-refractivity contribution is 0.0932. The van der Waals surface area contributed by atoms with Crippen LogP contribution in [-0.2, 0) is 0 Å². The number of fused-ring (bicyclic) bond motifs is 1. The number of ether oxygens (including phenoxy) is 1. The molecule has 2 aromatic rings. The molecule has 1 heterocycles. The zero-order chi connectivity index (χ0) is 13.2. The highest BCUT2D eigenvalue weighted by Crippen LogP contribution is 2.35. The van der Waals surface area contributed by atoms with Gasteiger partial charge in [-0.15, -0.1) is 0 Å². The van der Waals surface area contributed by atoms with Gasteiger partial charge in [-0.25, -0.2) is 0 Å². The molecule has 1 aliphatic rings. The maximum Gasteiger partial charge on any atom is 0.170 e. The molecule has 0 aromatic heterocycles. The third-order valence-electron chi connectivity index (χ3n) is 3.69. The number of carbonyl (C=O) groups excluding carboxylic acids is 1. The molecule has 2 nitrogen and oxygen atoms in total. The highest BCUT2D eigenvalue weighted by Gasteiger charge is 2.28. The first-order valence-corrected chi connectivity index (χ1v) is 6.59. The predicted octanol–water partition coefficient (Wildman–Crippen LogP) is 3.74. The van der Waals surface area contributed by atoms with E-state index in [9.17, 15) is 4.79 Å². The van der Waals surface area contributed by atoms with Crippen LogP contribution in [0.1, 0.15) is 33.8 Å². The minimum atomic E-state index is -0.0777. The van der Waals surface area contributed by atoms with Crippen molar-refractivity contribution in [3.8, 4) is 5.75 Å². The Morgan fingerprint density at radius 3 is 2.68 bits per heavy atom. The Balaban J connectivity index is 2.00. The zero-order valence-electron chi connectivity index (χ0n) is 10.9. The van der Waals surface area contributed by atoms with E-state index in [1.807, 2.05) is 55.5 Å². The summed E-state index contributed by atoms with van der Waals surface area (Å²) < 4.78 is 5.62. The normalized spacial score (nSPS) is 17.4. The fraction of sp³-hybridized carbons (Fsp3) is 0.235. The molecule has 0 radical (unpaired) electrons. The van der Waals surface area contributed by atoms with Gasteiger partial charge in [0.25, 0.3) is 0 Å². The Labute approximate surface area is 113 Å². The summed E-state index contributed by atoms with van der Waals surface area (Å²) in [6, 6.07) is 15.6. The Bertz CT molecular complexity index is 616. The number of ketones is 1. The van der Waals surface area contributed by atoms with Crippen LogP contribution < -0.4 is 4.74 Å². The van der Waals surface area contributed by atoms with E-state index in [1.54, 1.807) is 0 Å². The second-order valence-electron chi connectivity index (χ2n) is 4.91. The number of carbonyl (C=O) groups is 1. The lowest BCUT2D eigenvalue weighted by atomic mass is 9.85. The SMILES string of the molecule is Cc1ccccc1C(=O)C1CCOc2ccccc21. The van der Waals surface area contributed by atoms with Gasteiger partial charge in [0.2, 0.25) is 0 Å². The first-order valence-electron chi connectivity index (χ1n) is 6.59. The Morgan fingerprint density at radius 2 is 1.84 bits per heavy atom. The maximum atomic E-state index is 12.7. The Hall–Kier alpha value is -2.09. The predicted molar refractivity (Wildman–Crippen MR) is 74.8 cm³/mol. The molecular formula is C17H16O2. The summed E-state index contributed by atoms with van der Waals surface area (Å²) in [7, 11) is 0. The van der Waals surface area contributed by atoms with Crippen LogP contribution in [0.5, 0.6) is 5.75 Å². The molecule has 0 aliphatic carbocycles. The van der Waals surface area contributed by atoms with Crippen molar-refractivity contribution in [2.24, 2.45) is 0 Å². The van der Waals surface area contributed by atoms with Crippen LogP contribution in [0.2, 0.25) is 0 Å². The quantitative estimate of drug-likeness (QED) is 0.761. The summed E-state index contributed by atoms with van der Waals surface area (Å²) in [6.07, 6.45) is 0.754. The van der Waals surface area contributed by atoms with E-state index >= 15 is 0 Å². The molecule has 3 rings (SSSR count). The molecule has 2 aromatic carbocycles. The van der Waals surface area contributed by atoms with E-state index < -0.39 is 0 Å². The summed E-state index contributed by atoms with van der Waals surface area (Å²) in [4.78, 5) is 12.7. The number of para-hydroxylation sites is 1. The third-order valence-corrected chi connectivity index (χ3v) is 3.69. The van der Waals surface area contributed by atoms with E-state index in [2.05, 4.69) is 0 Å². The summed E-state index contributed by atoms with van der Waals surface area (Å²) >= 11 is 0. The number of aryl methyl sites for hydroxylation is 1. The van der Waals surface area contributed by atoms with Crippen molar-refractivity contribution in [3.63, 3.8) is 0 Å². The van der Waals surface area contributed by atoms with Gasteiger partial charge in [-0.3, -0.25) is 4.79 Å². The van der Waals surface area contributed by atoms with Crippen molar-refractivity contribution < 1.29 is 9.53 Å². The average molecular weight is 252 g/mol. The molecule has 1 unspecified atom stereocenters. The molecular weight excluding hydrogens is 236 g/mol. The lowest BCUT2D eigenvalue weighted by Crippen LogP contribution is -2.21. The van der Waals surface area contributed by atoms with Crippen LogP contribution >= 0.6 is 0 Å². The summed E-state index contributed by atoms with van der Waals surface area (Å²) in [5.41, 5.74) is 2.88. The smallest absolute Gasteiger partial charge is 0.170 e. The standard InChI is InChI=1S/C17H16O2/c1-12-6-2-3-7-13(12)17(18)15-10-11-19-16-9-5-4-8-14(15)16/h2-9,15H,10-11H2,1H3. The number of rotatable bonds is 2. The third kappa shape index (κ3) is 2.14. The molecule has 2 heteroatoms. The molecule has 0 saturated carbocycles. The van der Waals surface area contributed by atoms with Gasteiger partial charge in [0, 0.05) is 11.1 Å². The number of benzene rings is 2. The number of Topliss-reactive ketones (excluding diaryl/α,β-unsaturated/α-hetero) is 1. The molecule has 0 bridgehead atoms. The molecule has 0 saturated heterocycles. The van der Waals surface area contributed by atoms with Gasteiger partial charge in [-0.2, -0.15) is 0 Å². The Morgan fingerprint density at radius 1 is 1.11 bits per heavy atom. The molecule has 19 heavy (non-hydrogen) atoms. The second-order valence-corrected chi connectivity index (χ2v) is 4.91. The highest BCUT2D eigenvalue weighted by atomic mass is 16.5. The minimum Gasteiger partial charge on any atom is -0.493 e. The second kappa shape index (κ2) is 4.88. The Kier molecular flexibility index (Phi) is 3.08. The lowest BCUT2D eigenvalue weighted by Gasteiger charge is -2.25. The topological polar surface area (TPSA) is 26.3 Å². The molecule has 1 atom stereocenters. The van der Waals surface area contributed by atoms with Gasteiger partial charge in [0.15, 0.2) is 5.78 Å². The van der Waals surface area contributed by atoms with Gasteiger partial charge < -0.3 is 4.74 Å². The summed E-state index contributed by atoms with van der Waals surface area (Å²) in [6.45, 7) is 2.60. The maximum absolute atomic E-state index is 12.7. The van der Waals surface area contributed by atoms with Gasteiger partial charge in [-0.1, -0.05) is 42.5 Å². The van der Waals surface area contributed by atoms with Crippen molar-refractivity contribution >= 4 is 5.78 Å². The number of hydrogen-bond acceptors (Lipinski definition) is 2. The van der Waals surface area contributed by atoms with Crippen LogP contribution in [0.25, 0.3) is 0 Å². The fourth-order valence-corrected chi connectivity index (χ4v) is 2.65. The van der Waals surface area contributed by atoms with Crippen LogP contribution in [0.3, 0.4) is 0 Å². The number of hydrogen-bond donors (Lipinski definition) is 0. The fourth-order valence-electron chi connectivity index (χ4n) is 2.65. The van der Waals surface area contributed by atoms with Gasteiger partial charge in [0.05, 0.1) is 12.5 Å². The van der Waals surface area contributed by atoms with E-state index in [-0.39, 0.29) is 11.7 Å². The van der Waals surface area contributed by atoms with Gasteiger partial charge in [0.1, 0.15) is 5.75 Å². The van der Waals surface area contributed by atoms with Crippen molar-refractivity contribution in [1.29, 1.82) is 0 Å². The molecule has 0 amide bonds. The van der Waals surface area contributed by atoms with Crippen molar-refractivity contribution in [3.05, 3.63) is 65.2 Å². The van der Waals surface area contributed by atoms with Gasteiger partial charge >= 0.3 is 0 Å². The molecule has 0 fully saturated rings. The average Bonchev–Trinajstić information content (AvgIpc) is 2.46. The summed E-state index contributed by atoms with van der Waals surface area (Å²) in [5.74, 6) is 0.973. The minimum absolute atomic E-state index is 0.0777. The van der Waals surface area contributed by atoms with Crippen molar-refractivity contribution in [1.82, 2.24) is 0 Å². The highest BCUT2D eigenvalue weighted by molar-refractivity contribution is 6.02. The molecule has 96 valence electrons. The van der Waals surface area contributed by atoms with E-state index in [0.717, 1.165) is 28.9 Å². The first-order chi connectivity index (χ1) is 9.27. The van der Waals surface area contributed by atoms with Crippen LogP contribution in [0.4, 0.5) is 0 Å². The van der Waals surface area contributed by atoms with Gasteiger partial charge in [-0.05, 0) is 25.0 Å². The molecule has 1 aliphatic heterocycles. The first kappa shape index (κ1) is 12.0. The van der Waals surface area contributed by atoms with Crippen molar-refractivity contribution in [2.75, 3.05) is 6.61 Å². The van der Waals surface area contributed by atoms with Crippen LogP contribution in [0.15, 0.2) is 48.5 Å². The van der Waals surface area contributed by atoms with E-state index in [0.29, 0.717) is 6.61 Å². The van der Waals surface area contributed by atoms with E-state index in [1.165, 1.54) is 0 Å². The largest absolute Gasteiger partial charge is 0.493 e. The van der Waals surface area contributed by atoms with Crippen molar-refractivity contribution in [2.45, 2.75) is 19.3 Å². The molecule has 0 spiro atoms.